The lowest BCUT2D eigenvalue weighted by Crippen LogP contribution is -2.44. The number of hydrogen-bond donors (Lipinski definition) is 0. The van der Waals surface area contributed by atoms with Crippen molar-refractivity contribution in [3.05, 3.63) is 30.1 Å². The summed E-state index contributed by atoms with van der Waals surface area (Å²) < 4.78 is 10.3. The zero-order valence-corrected chi connectivity index (χ0v) is 9.31. The van der Waals surface area contributed by atoms with Gasteiger partial charge >= 0.3 is 5.97 Å². The summed E-state index contributed by atoms with van der Waals surface area (Å²) in [6, 6.07) is 3.67. The van der Waals surface area contributed by atoms with E-state index in [-0.39, 0.29) is 17.8 Å². The molecular weight excluding hydrogens is 206 g/mol. The first-order chi connectivity index (χ1) is 7.68. The second-order valence-electron chi connectivity index (χ2n) is 4.50. The SMILES string of the molecule is CC1(COC(=O)Cc2cccnc2)COC1. The lowest BCUT2D eigenvalue weighted by molar-refractivity contribution is -0.164. The zero-order valence-electron chi connectivity index (χ0n) is 9.31. The molecule has 2 heterocycles. The van der Waals surface area contributed by atoms with Crippen molar-refractivity contribution in [1.82, 2.24) is 4.98 Å². The summed E-state index contributed by atoms with van der Waals surface area (Å²) in [7, 11) is 0. The van der Waals surface area contributed by atoms with E-state index in [1.807, 2.05) is 19.1 Å². The van der Waals surface area contributed by atoms with Crippen LogP contribution in [0.2, 0.25) is 0 Å². The largest absolute Gasteiger partial charge is 0.465 e. The van der Waals surface area contributed by atoms with Crippen LogP contribution in [-0.2, 0) is 20.7 Å². The Bertz CT molecular complexity index is 360. The van der Waals surface area contributed by atoms with Gasteiger partial charge in [-0.05, 0) is 11.6 Å². The summed E-state index contributed by atoms with van der Waals surface area (Å²) in [6.07, 6.45) is 3.64. The van der Waals surface area contributed by atoms with Crippen LogP contribution in [0.15, 0.2) is 24.5 Å². The van der Waals surface area contributed by atoms with Crippen LogP contribution in [-0.4, -0.2) is 30.8 Å². The van der Waals surface area contributed by atoms with Crippen LogP contribution in [0.25, 0.3) is 0 Å². The zero-order chi connectivity index (χ0) is 11.4. The number of ether oxygens (including phenoxy) is 2. The molecular formula is C12H15NO3. The molecule has 0 spiro atoms. The van der Waals surface area contributed by atoms with Gasteiger partial charge in [-0.15, -0.1) is 0 Å². The van der Waals surface area contributed by atoms with Gasteiger partial charge in [-0.25, -0.2) is 0 Å². The fourth-order valence-electron chi connectivity index (χ4n) is 1.51. The first-order valence-electron chi connectivity index (χ1n) is 5.30. The van der Waals surface area contributed by atoms with Crippen LogP contribution in [0, 0.1) is 5.41 Å². The van der Waals surface area contributed by atoms with Crippen LogP contribution in [0.1, 0.15) is 12.5 Å². The van der Waals surface area contributed by atoms with E-state index >= 15 is 0 Å². The van der Waals surface area contributed by atoms with Crippen molar-refractivity contribution in [2.75, 3.05) is 19.8 Å². The minimum atomic E-state index is -0.207. The molecule has 1 aliphatic heterocycles. The molecule has 4 nitrogen and oxygen atoms in total. The number of pyridine rings is 1. The highest BCUT2D eigenvalue weighted by Gasteiger charge is 2.34. The highest BCUT2D eigenvalue weighted by Crippen LogP contribution is 2.26. The molecule has 4 heteroatoms. The minimum Gasteiger partial charge on any atom is -0.465 e. The number of carbonyl (C=O) groups excluding carboxylic acids is 1. The third-order valence-electron chi connectivity index (χ3n) is 2.55. The predicted octanol–water partition coefficient (Wildman–Crippen LogP) is 1.20. The Hall–Kier alpha value is -1.42. The van der Waals surface area contributed by atoms with E-state index in [0.29, 0.717) is 19.8 Å². The van der Waals surface area contributed by atoms with E-state index in [2.05, 4.69) is 4.98 Å². The fourth-order valence-corrected chi connectivity index (χ4v) is 1.51. The maximum atomic E-state index is 11.5. The van der Waals surface area contributed by atoms with Crippen LogP contribution in [0.5, 0.6) is 0 Å². The van der Waals surface area contributed by atoms with Gasteiger partial charge in [-0.1, -0.05) is 13.0 Å². The lowest BCUT2D eigenvalue weighted by atomic mass is 9.90. The second-order valence-corrected chi connectivity index (χ2v) is 4.50. The van der Waals surface area contributed by atoms with Gasteiger partial charge in [0.1, 0.15) is 6.61 Å². The number of nitrogens with zero attached hydrogens (tertiary/aromatic N) is 1. The van der Waals surface area contributed by atoms with E-state index in [0.717, 1.165) is 5.56 Å². The predicted molar refractivity (Wildman–Crippen MR) is 57.8 cm³/mol. The molecule has 0 aliphatic carbocycles. The van der Waals surface area contributed by atoms with E-state index in [1.165, 1.54) is 0 Å². The smallest absolute Gasteiger partial charge is 0.310 e. The molecule has 0 aromatic carbocycles. The lowest BCUT2D eigenvalue weighted by Gasteiger charge is -2.37. The highest BCUT2D eigenvalue weighted by atomic mass is 16.5. The van der Waals surface area contributed by atoms with Crippen LogP contribution in [0.3, 0.4) is 0 Å². The monoisotopic (exact) mass is 221 g/mol. The average Bonchev–Trinajstić information content (AvgIpc) is 2.25. The summed E-state index contributed by atoms with van der Waals surface area (Å²) in [6.45, 7) is 3.83. The molecule has 0 bridgehead atoms. The Morgan fingerprint density at radius 2 is 2.44 bits per heavy atom. The Morgan fingerprint density at radius 1 is 1.62 bits per heavy atom. The van der Waals surface area contributed by atoms with Crippen molar-refractivity contribution in [1.29, 1.82) is 0 Å². The van der Waals surface area contributed by atoms with Gasteiger partial charge < -0.3 is 9.47 Å². The third-order valence-corrected chi connectivity index (χ3v) is 2.55. The topological polar surface area (TPSA) is 48.4 Å². The normalized spacial score (nSPS) is 17.6. The number of esters is 1. The fraction of sp³-hybridized carbons (Fsp3) is 0.500. The maximum absolute atomic E-state index is 11.5. The molecule has 86 valence electrons. The minimum absolute atomic E-state index is 0.0185. The molecule has 0 atom stereocenters. The molecule has 1 fully saturated rings. The average molecular weight is 221 g/mol. The summed E-state index contributed by atoms with van der Waals surface area (Å²) >= 11 is 0. The number of hydrogen-bond acceptors (Lipinski definition) is 4. The molecule has 2 rings (SSSR count). The Labute approximate surface area is 94.6 Å². The van der Waals surface area contributed by atoms with Crippen molar-refractivity contribution >= 4 is 5.97 Å². The molecule has 1 aliphatic rings. The van der Waals surface area contributed by atoms with Gasteiger partial charge in [0, 0.05) is 17.8 Å². The van der Waals surface area contributed by atoms with Crippen LogP contribution < -0.4 is 0 Å². The molecule has 1 saturated heterocycles. The second kappa shape index (κ2) is 4.61. The standard InChI is InChI=1S/C12H15NO3/c1-12(7-15-8-12)9-16-11(14)5-10-3-2-4-13-6-10/h2-4,6H,5,7-9H2,1H3. The van der Waals surface area contributed by atoms with E-state index < -0.39 is 0 Å². The summed E-state index contributed by atoms with van der Waals surface area (Å²) in [5.74, 6) is -0.207. The van der Waals surface area contributed by atoms with Crippen molar-refractivity contribution in [2.45, 2.75) is 13.3 Å². The number of aromatic nitrogens is 1. The highest BCUT2D eigenvalue weighted by molar-refractivity contribution is 5.72. The van der Waals surface area contributed by atoms with Crippen molar-refractivity contribution in [3.63, 3.8) is 0 Å². The van der Waals surface area contributed by atoms with E-state index in [4.69, 9.17) is 9.47 Å². The van der Waals surface area contributed by atoms with Crippen LogP contribution in [0.4, 0.5) is 0 Å². The van der Waals surface area contributed by atoms with E-state index in [1.54, 1.807) is 12.4 Å². The molecule has 0 unspecified atom stereocenters. The van der Waals surface area contributed by atoms with Gasteiger partial charge in [0.15, 0.2) is 0 Å². The van der Waals surface area contributed by atoms with Gasteiger partial charge in [0.05, 0.1) is 19.6 Å². The summed E-state index contributed by atoms with van der Waals surface area (Å²) in [5.41, 5.74) is 0.896. The molecule has 1 aromatic rings. The first-order valence-corrected chi connectivity index (χ1v) is 5.30. The third kappa shape index (κ3) is 2.79. The molecule has 1 aromatic heterocycles. The van der Waals surface area contributed by atoms with E-state index in [9.17, 15) is 4.79 Å². The first kappa shape index (κ1) is 11.1. The quantitative estimate of drug-likeness (QED) is 0.717. The van der Waals surface area contributed by atoms with Gasteiger partial charge in [-0.3, -0.25) is 9.78 Å². The summed E-state index contributed by atoms with van der Waals surface area (Å²) in [5, 5.41) is 0. The van der Waals surface area contributed by atoms with Crippen molar-refractivity contribution < 1.29 is 14.3 Å². The maximum Gasteiger partial charge on any atom is 0.310 e. The van der Waals surface area contributed by atoms with Gasteiger partial charge in [0.25, 0.3) is 0 Å². The van der Waals surface area contributed by atoms with Crippen molar-refractivity contribution in [3.8, 4) is 0 Å². The Balaban J connectivity index is 1.76. The molecule has 16 heavy (non-hydrogen) atoms. The Morgan fingerprint density at radius 3 is 3.00 bits per heavy atom. The molecule has 0 saturated carbocycles. The van der Waals surface area contributed by atoms with Gasteiger partial charge in [0.2, 0.25) is 0 Å². The number of carbonyl (C=O) groups is 1. The molecule has 0 amide bonds. The van der Waals surface area contributed by atoms with Gasteiger partial charge in [-0.2, -0.15) is 0 Å². The number of rotatable bonds is 4. The molecule has 0 N–H and O–H groups in total. The van der Waals surface area contributed by atoms with Crippen LogP contribution >= 0.6 is 0 Å². The van der Waals surface area contributed by atoms with Crippen molar-refractivity contribution in [2.24, 2.45) is 5.41 Å². The Kier molecular flexibility index (Phi) is 3.19. The molecule has 0 radical (unpaired) electrons. The summed E-state index contributed by atoms with van der Waals surface area (Å²) in [4.78, 5) is 15.5.